The first-order chi connectivity index (χ1) is 6.47. The number of aryl methyl sites for hydroxylation is 1. The smallest absolute Gasteiger partial charge is 0.209 e. The number of rotatable bonds is 4. The maximum Gasteiger partial charge on any atom is 0.209 e. The van der Waals surface area contributed by atoms with Gasteiger partial charge in [0.25, 0.3) is 0 Å². The molecular formula is C9H12FNO2S. The van der Waals surface area contributed by atoms with Crippen LogP contribution in [-0.2, 0) is 16.4 Å². The van der Waals surface area contributed by atoms with Gasteiger partial charge in [-0.1, -0.05) is 12.1 Å². The first kappa shape index (κ1) is 11.1. The Hall–Kier alpha value is -0.940. The largest absolute Gasteiger partial charge is 0.229 e. The zero-order chi connectivity index (χ0) is 10.6. The highest BCUT2D eigenvalue weighted by atomic mass is 32.2. The number of benzene rings is 1. The van der Waals surface area contributed by atoms with Crippen LogP contribution < -0.4 is 5.14 Å². The first-order valence-electron chi connectivity index (χ1n) is 4.22. The van der Waals surface area contributed by atoms with Crippen LogP contribution in [0.4, 0.5) is 4.39 Å². The first-order valence-corrected chi connectivity index (χ1v) is 5.94. The standard InChI is InChI=1S/C9H12FNO2S/c10-9-5-3-8(4-6-9)2-1-7-14(11,12)13/h3-6H,1-2,7H2,(H2,11,12,13). The lowest BCUT2D eigenvalue weighted by Crippen LogP contribution is -2.16. The minimum Gasteiger partial charge on any atom is -0.229 e. The highest BCUT2D eigenvalue weighted by Crippen LogP contribution is 2.05. The van der Waals surface area contributed by atoms with E-state index in [1.54, 1.807) is 12.1 Å². The lowest BCUT2D eigenvalue weighted by Gasteiger charge is -2.00. The summed E-state index contributed by atoms with van der Waals surface area (Å²) >= 11 is 0. The van der Waals surface area contributed by atoms with Crippen LogP contribution in [0.5, 0.6) is 0 Å². The van der Waals surface area contributed by atoms with Crippen molar-refractivity contribution in [3.8, 4) is 0 Å². The molecule has 0 aliphatic rings. The van der Waals surface area contributed by atoms with E-state index in [1.165, 1.54) is 12.1 Å². The van der Waals surface area contributed by atoms with E-state index in [0.717, 1.165) is 5.56 Å². The summed E-state index contributed by atoms with van der Waals surface area (Å²) in [5.74, 6) is -0.329. The summed E-state index contributed by atoms with van der Waals surface area (Å²) in [5, 5.41) is 4.84. The van der Waals surface area contributed by atoms with E-state index < -0.39 is 10.0 Å². The Bertz CT molecular complexity index is 386. The molecule has 0 aliphatic heterocycles. The van der Waals surface area contributed by atoms with Gasteiger partial charge in [0.15, 0.2) is 0 Å². The second-order valence-electron chi connectivity index (χ2n) is 3.10. The Morgan fingerprint density at radius 2 is 1.79 bits per heavy atom. The molecule has 78 valence electrons. The zero-order valence-electron chi connectivity index (χ0n) is 7.61. The second-order valence-corrected chi connectivity index (χ2v) is 4.83. The van der Waals surface area contributed by atoms with Gasteiger partial charge in [0.1, 0.15) is 5.82 Å². The normalized spacial score (nSPS) is 11.6. The Morgan fingerprint density at radius 3 is 2.29 bits per heavy atom. The molecule has 0 saturated carbocycles. The van der Waals surface area contributed by atoms with Crippen molar-refractivity contribution in [2.24, 2.45) is 5.14 Å². The van der Waals surface area contributed by atoms with E-state index in [2.05, 4.69) is 0 Å². The lowest BCUT2D eigenvalue weighted by atomic mass is 10.1. The van der Waals surface area contributed by atoms with Gasteiger partial charge >= 0.3 is 0 Å². The number of halogens is 1. The van der Waals surface area contributed by atoms with Crippen molar-refractivity contribution < 1.29 is 12.8 Å². The van der Waals surface area contributed by atoms with Crippen molar-refractivity contribution in [3.63, 3.8) is 0 Å². The molecule has 14 heavy (non-hydrogen) atoms. The molecule has 0 fully saturated rings. The van der Waals surface area contributed by atoms with E-state index in [4.69, 9.17) is 5.14 Å². The molecule has 0 aliphatic carbocycles. The van der Waals surface area contributed by atoms with Gasteiger partial charge in [0.2, 0.25) is 10.0 Å². The van der Waals surface area contributed by atoms with E-state index in [9.17, 15) is 12.8 Å². The molecule has 0 unspecified atom stereocenters. The molecule has 0 spiro atoms. The Kier molecular flexibility index (Phi) is 3.60. The van der Waals surface area contributed by atoms with E-state index in [0.29, 0.717) is 12.8 Å². The zero-order valence-corrected chi connectivity index (χ0v) is 8.43. The van der Waals surface area contributed by atoms with Crippen LogP contribution in [0.25, 0.3) is 0 Å². The molecule has 1 rings (SSSR count). The summed E-state index contributed by atoms with van der Waals surface area (Å²) in [5.41, 5.74) is 0.912. The van der Waals surface area contributed by atoms with E-state index in [1.807, 2.05) is 0 Å². The summed E-state index contributed by atoms with van der Waals surface area (Å²) in [4.78, 5) is 0. The Balaban J connectivity index is 2.43. The average Bonchev–Trinajstić information content (AvgIpc) is 2.06. The molecule has 0 aromatic heterocycles. The fourth-order valence-corrected chi connectivity index (χ4v) is 1.68. The van der Waals surface area contributed by atoms with E-state index in [-0.39, 0.29) is 11.6 Å². The minimum absolute atomic E-state index is 0.0373. The lowest BCUT2D eigenvalue weighted by molar-refractivity contribution is 0.594. The van der Waals surface area contributed by atoms with Crippen LogP contribution >= 0.6 is 0 Å². The monoisotopic (exact) mass is 217 g/mol. The van der Waals surface area contributed by atoms with E-state index >= 15 is 0 Å². The van der Waals surface area contributed by atoms with Crippen molar-refractivity contribution in [1.29, 1.82) is 0 Å². The number of nitrogens with two attached hydrogens (primary N) is 1. The second kappa shape index (κ2) is 4.52. The number of hydrogen-bond acceptors (Lipinski definition) is 2. The van der Waals surface area contributed by atoms with Gasteiger partial charge in [-0.15, -0.1) is 0 Å². The average molecular weight is 217 g/mol. The molecule has 3 nitrogen and oxygen atoms in total. The van der Waals surface area contributed by atoms with Crippen molar-refractivity contribution in [2.45, 2.75) is 12.8 Å². The van der Waals surface area contributed by atoms with Crippen LogP contribution in [0.3, 0.4) is 0 Å². The third-order valence-electron chi connectivity index (χ3n) is 1.81. The van der Waals surface area contributed by atoms with Crippen molar-refractivity contribution in [2.75, 3.05) is 5.75 Å². The number of hydrogen-bond donors (Lipinski definition) is 1. The van der Waals surface area contributed by atoms with Gasteiger partial charge in [-0.3, -0.25) is 0 Å². The van der Waals surface area contributed by atoms with Gasteiger partial charge in [-0.05, 0) is 30.5 Å². The maximum absolute atomic E-state index is 12.5. The SMILES string of the molecule is NS(=O)(=O)CCCc1ccc(F)cc1. The highest BCUT2D eigenvalue weighted by Gasteiger charge is 2.02. The van der Waals surface area contributed by atoms with Crippen molar-refractivity contribution >= 4 is 10.0 Å². The van der Waals surface area contributed by atoms with Crippen LogP contribution in [0, 0.1) is 5.82 Å². The summed E-state index contributed by atoms with van der Waals surface area (Å²) in [6.07, 6.45) is 1.06. The predicted octanol–water partition coefficient (Wildman–Crippen LogP) is 1.05. The van der Waals surface area contributed by atoms with Crippen LogP contribution in [0.15, 0.2) is 24.3 Å². The molecule has 2 N–H and O–H groups in total. The summed E-state index contributed by atoms with van der Waals surface area (Å²) in [6, 6.07) is 5.98. The minimum atomic E-state index is -3.38. The van der Waals surface area contributed by atoms with Gasteiger partial charge < -0.3 is 0 Å². The fraction of sp³-hybridized carbons (Fsp3) is 0.333. The number of primary sulfonamides is 1. The summed E-state index contributed by atoms with van der Waals surface area (Å²) < 4.78 is 33.7. The molecule has 0 heterocycles. The Labute approximate surface area is 82.8 Å². The quantitative estimate of drug-likeness (QED) is 0.819. The summed E-state index contributed by atoms with van der Waals surface area (Å²) in [6.45, 7) is 0. The third-order valence-corrected chi connectivity index (χ3v) is 2.67. The highest BCUT2D eigenvalue weighted by molar-refractivity contribution is 7.89. The molecule has 5 heteroatoms. The molecule has 0 amide bonds. The van der Waals surface area contributed by atoms with Gasteiger partial charge in [-0.25, -0.2) is 17.9 Å². The molecule has 0 saturated heterocycles. The van der Waals surface area contributed by atoms with Crippen molar-refractivity contribution in [3.05, 3.63) is 35.6 Å². The molecule has 1 aromatic carbocycles. The van der Waals surface area contributed by atoms with Crippen LogP contribution in [0.1, 0.15) is 12.0 Å². The van der Waals surface area contributed by atoms with Gasteiger partial charge in [0, 0.05) is 0 Å². The Morgan fingerprint density at radius 1 is 1.21 bits per heavy atom. The predicted molar refractivity (Wildman–Crippen MR) is 52.7 cm³/mol. The fourth-order valence-electron chi connectivity index (χ4n) is 1.13. The summed E-state index contributed by atoms with van der Waals surface area (Å²) in [7, 11) is -3.38. The molecule has 0 atom stereocenters. The maximum atomic E-state index is 12.5. The molecule has 0 radical (unpaired) electrons. The third kappa shape index (κ3) is 4.34. The number of sulfonamides is 1. The molecule has 0 bridgehead atoms. The topological polar surface area (TPSA) is 60.2 Å². The van der Waals surface area contributed by atoms with Gasteiger partial charge in [0.05, 0.1) is 5.75 Å². The molecular weight excluding hydrogens is 205 g/mol. The van der Waals surface area contributed by atoms with Crippen LogP contribution in [0.2, 0.25) is 0 Å². The van der Waals surface area contributed by atoms with Crippen molar-refractivity contribution in [1.82, 2.24) is 0 Å². The molecule has 1 aromatic rings. The van der Waals surface area contributed by atoms with Gasteiger partial charge in [-0.2, -0.15) is 0 Å². The van der Waals surface area contributed by atoms with Crippen LogP contribution in [-0.4, -0.2) is 14.2 Å².